The zero-order chi connectivity index (χ0) is 22.8. The Balaban J connectivity index is 1.55. The van der Waals surface area contributed by atoms with E-state index in [0.717, 1.165) is 52.2 Å². The molecule has 0 unspecified atom stereocenters. The summed E-state index contributed by atoms with van der Waals surface area (Å²) in [4.78, 5) is 5.27. The van der Waals surface area contributed by atoms with Crippen molar-refractivity contribution in [2.45, 2.75) is 50.3 Å². The van der Waals surface area contributed by atoms with Gasteiger partial charge < -0.3 is 0 Å². The summed E-state index contributed by atoms with van der Waals surface area (Å²) in [6.45, 7) is 6.05. The minimum atomic E-state index is -4.44. The van der Waals surface area contributed by atoms with Crippen molar-refractivity contribution in [1.82, 2.24) is 14.8 Å². The van der Waals surface area contributed by atoms with Crippen LogP contribution < -0.4 is 0 Å². The van der Waals surface area contributed by atoms with Crippen LogP contribution in [0.2, 0.25) is 0 Å². The first-order chi connectivity index (χ1) is 15.1. The molecule has 1 fully saturated rings. The Hall–Kier alpha value is -2.62. The fraction of sp³-hybridized carbons (Fsp3) is 0.304. The monoisotopic (exact) mass is 471 g/mol. The number of pyridine rings is 1. The van der Waals surface area contributed by atoms with E-state index in [1.54, 1.807) is 25.1 Å². The molecule has 9 heteroatoms. The smallest absolute Gasteiger partial charge is 0.281 e. The van der Waals surface area contributed by atoms with Crippen molar-refractivity contribution < 1.29 is 17.4 Å². The van der Waals surface area contributed by atoms with Gasteiger partial charge in [0.2, 0.25) is 0 Å². The van der Waals surface area contributed by atoms with Crippen molar-refractivity contribution >= 4 is 32.4 Å². The van der Waals surface area contributed by atoms with Crippen LogP contribution in [0.5, 0.6) is 0 Å². The largest absolute Gasteiger partial charge is 0.304 e. The molecule has 3 aromatic heterocycles. The van der Waals surface area contributed by atoms with Crippen molar-refractivity contribution in [1.29, 1.82) is 0 Å². The molecule has 0 saturated heterocycles. The topological polar surface area (TPSA) is 85.1 Å². The lowest BCUT2D eigenvalue weighted by Crippen LogP contribution is -2.04. The Morgan fingerprint density at radius 1 is 1.16 bits per heavy atom. The highest BCUT2D eigenvalue weighted by molar-refractivity contribution is 7.88. The van der Waals surface area contributed by atoms with Crippen LogP contribution in [0, 0.1) is 26.6 Å². The third-order valence-electron chi connectivity index (χ3n) is 5.75. The van der Waals surface area contributed by atoms with E-state index < -0.39 is 15.9 Å². The Morgan fingerprint density at radius 3 is 2.56 bits per heavy atom. The molecule has 0 spiro atoms. The van der Waals surface area contributed by atoms with Gasteiger partial charge in [0.1, 0.15) is 5.82 Å². The van der Waals surface area contributed by atoms with Crippen LogP contribution in [0.3, 0.4) is 0 Å². The predicted molar refractivity (Wildman–Crippen MR) is 122 cm³/mol. The molecule has 0 amide bonds. The Morgan fingerprint density at radius 2 is 1.91 bits per heavy atom. The van der Waals surface area contributed by atoms with E-state index in [4.69, 9.17) is 5.10 Å². The van der Waals surface area contributed by atoms with Gasteiger partial charge in [-0.25, -0.2) is 4.39 Å². The van der Waals surface area contributed by atoms with E-state index in [9.17, 15) is 13.0 Å². The molecular weight excluding hydrogens is 449 g/mol. The number of halogens is 1. The number of hydrogen-bond donors (Lipinski definition) is 1. The van der Waals surface area contributed by atoms with E-state index in [2.05, 4.69) is 4.98 Å². The molecule has 0 radical (unpaired) electrons. The number of nitrogens with zero attached hydrogens (tertiary/aromatic N) is 3. The molecule has 0 bridgehead atoms. The maximum Gasteiger partial charge on any atom is 0.304 e. The number of aryl methyl sites for hydroxylation is 3. The van der Waals surface area contributed by atoms with Crippen LogP contribution in [0.25, 0.3) is 22.0 Å². The fourth-order valence-electron chi connectivity index (χ4n) is 4.25. The van der Waals surface area contributed by atoms with Gasteiger partial charge in [0.25, 0.3) is 0 Å². The Kier molecular flexibility index (Phi) is 4.96. The van der Waals surface area contributed by atoms with Gasteiger partial charge in [-0.1, -0.05) is 12.1 Å². The molecule has 1 aliphatic rings. The average Bonchev–Trinajstić information content (AvgIpc) is 3.37. The minimum Gasteiger partial charge on any atom is -0.281 e. The van der Waals surface area contributed by atoms with Gasteiger partial charge in [-0.3, -0.25) is 14.2 Å². The second-order valence-electron chi connectivity index (χ2n) is 8.41. The lowest BCUT2D eigenvalue weighted by Gasteiger charge is -2.08. The second-order valence-corrected chi connectivity index (χ2v) is 11.3. The van der Waals surface area contributed by atoms with Gasteiger partial charge >= 0.3 is 10.1 Å². The Labute approximate surface area is 189 Å². The van der Waals surface area contributed by atoms with Crippen LogP contribution in [0.1, 0.15) is 46.3 Å². The molecule has 6 nitrogen and oxygen atoms in total. The van der Waals surface area contributed by atoms with E-state index in [0.29, 0.717) is 22.9 Å². The summed E-state index contributed by atoms with van der Waals surface area (Å²) < 4.78 is 49.7. The van der Waals surface area contributed by atoms with Crippen LogP contribution in [-0.4, -0.2) is 27.7 Å². The van der Waals surface area contributed by atoms with Gasteiger partial charge in [0, 0.05) is 38.7 Å². The van der Waals surface area contributed by atoms with Crippen molar-refractivity contribution in [2.75, 3.05) is 0 Å². The molecule has 0 atom stereocenters. The average molecular weight is 472 g/mol. The zero-order valence-corrected chi connectivity index (χ0v) is 19.5. The van der Waals surface area contributed by atoms with E-state index in [-0.39, 0.29) is 15.3 Å². The predicted octanol–water partition coefficient (Wildman–Crippen LogP) is 5.40. The van der Waals surface area contributed by atoms with Crippen molar-refractivity contribution in [3.8, 4) is 11.1 Å². The highest BCUT2D eigenvalue weighted by atomic mass is 32.3. The first-order valence-electron chi connectivity index (χ1n) is 10.3. The highest BCUT2D eigenvalue weighted by Gasteiger charge is 2.30. The minimum absolute atomic E-state index is 0.144. The van der Waals surface area contributed by atoms with Crippen molar-refractivity contribution in [3.05, 3.63) is 63.7 Å². The zero-order valence-electron chi connectivity index (χ0n) is 17.9. The van der Waals surface area contributed by atoms with Crippen molar-refractivity contribution in [3.63, 3.8) is 0 Å². The lowest BCUT2D eigenvalue weighted by atomic mass is 10.1. The molecule has 4 aromatic rings. The van der Waals surface area contributed by atoms with Crippen LogP contribution in [0.4, 0.5) is 4.39 Å². The van der Waals surface area contributed by atoms with Gasteiger partial charge in [-0.05, 0) is 57.4 Å². The van der Waals surface area contributed by atoms with Crippen LogP contribution >= 0.6 is 11.3 Å². The molecular formula is C23H22FN3O3S2. The quantitative estimate of drug-likeness (QED) is 0.394. The van der Waals surface area contributed by atoms with Gasteiger partial charge in [-0.2, -0.15) is 13.5 Å². The van der Waals surface area contributed by atoms with Gasteiger partial charge in [0.05, 0.1) is 17.8 Å². The Bertz CT molecular complexity index is 1480. The number of hydrogen-bond acceptors (Lipinski definition) is 5. The number of thiophene rings is 1. The van der Waals surface area contributed by atoms with Gasteiger partial charge in [0.15, 0.2) is 4.21 Å². The van der Waals surface area contributed by atoms with E-state index >= 15 is 4.39 Å². The molecule has 0 aliphatic heterocycles. The third kappa shape index (κ3) is 3.74. The number of benzene rings is 1. The molecule has 1 aliphatic carbocycles. The normalized spacial score (nSPS) is 14.4. The lowest BCUT2D eigenvalue weighted by molar-refractivity contribution is 0.486. The van der Waals surface area contributed by atoms with Crippen LogP contribution in [-0.2, 0) is 16.7 Å². The molecule has 1 N–H and O–H groups in total. The summed E-state index contributed by atoms with van der Waals surface area (Å²) in [5, 5.41) is 5.94. The SMILES string of the molecule is Cc1cc2c(c(C)n1)c(C1CC1)nn2Cc1ccc(-c2cc(C)sc2S(=O)(=O)O)c(F)c1. The summed E-state index contributed by atoms with van der Waals surface area (Å²) in [6, 6.07) is 8.32. The molecule has 5 rings (SSSR count). The summed E-state index contributed by atoms with van der Waals surface area (Å²) in [7, 11) is -4.44. The molecule has 3 heterocycles. The van der Waals surface area contributed by atoms with E-state index in [1.807, 2.05) is 24.6 Å². The standard InChI is InChI=1S/C23H22FN3O3S2/c1-12-8-20-21(14(3)25-12)22(16-5-6-16)26-27(20)11-15-4-7-17(19(24)10-15)18-9-13(2)31-23(18)32(28,29)30/h4,7-10,16H,5-6,11H2,1-3H3,(H,28,29,30). The summed E-state index contributed by atoms with van der Waals surface area (Å²) in [5.41, 5.74) is 4.95. The third-order valence-corrected chi connectivity index (χ3v) is 8.16. The number of rotatable bonds is 5. The molecule has 166 valence electrons. The molecule has 1 saturated carbocycles. The first kappa shape index (κ1) is 21.2. The highest BCUT2D eigenvalue weighted by Crippen LogP contribution is 2.43. The summed E-state index contributed by atoms with van der Waals surface area (Å²) >= 11 is 0.922. The maximum absolute atomic E-state index is 15.1. The molecule has 1 aromatic carbocycles. The molecule has 32 heavy (non-hydrogen) atoms. The number of fused-ring (bicyclic) bond motifs is 1. The second kappa shape index (κ2) is 7.47. The van der Waals surface area contributed by atoms with Crippen LogP contribution in [0.15, 0.2) is 34.5 Å². The summed E-state index contributed by atoms with van der Waals surface area (Å²) in [6.07, 6.45) is 2.25. The van der Waals surface area contributed by atoms with Crippen molar-refractivity contribution in [2.24, 2.45) is 0 Å². The fourth-order valence-corrected chi connectivity index (χ4v) is 6.26. The maximum atomic E-state index is 15.1. The first-order valence-corrected chi connectivity index (χ1v) is 12.6. The van der Waals surface area contributed by atoms with Gasteiger partial charge in [-0.15, -0.1) is 11.3 Å². The summed E-state index contributed by atoms with van der Waals surface area (Å²) in [5.74, 6) is -0.0835. The number of aromatic nitrogens is 3. The van der Waals surface area contributed by atoms with E-state index in [1.165, 1.54) is 6.07 Å².